The van der Waals surface area contributed by atoms with Crippen molar-refractivity contribution in [2.75, 3.05) is 13.8 Å². The van der Waals surface area contributed by atoms with Crippen LogP contribution in [0.15, 0.2) is 29.3 Å². The van der Waals surface area contributed by atoms with E-state index in [2.05, 4.69) is 17.2 Å². The summed E-state index contributed by atoms with van der Waals surface area (Å²) in [5.41, 5.74) is 2.30. The first-order valence-electron chi connectivity index (χ1n) is 4.73. The van der Waals surface area contributed by atoms with Gasteiger partial charge in [-0.05, 0) is 36.8 Å². The Kier molecular flexibility index (Phi) is 2.50. The Morgan fingerprint density at radius 1 is 1.36 bits per heavy atom. The van der Waals surface area contributed by atoms with E-state index in [0.717, 1.165) is 18.1 Å². The number of benzene rings is 1. The molecule has 2 rings (SSSR count). The number of nitrogens with zero attached hydrogens (tertiary/aromatic N) is 1. The van der Waals surface area contributed by atoms with Crippen LogP contribution in [0.2, 0.25) is 0 Å². The molecule has 1 aliphatic heterocycles. The molecule has 3 nitrogen and oxygen atoms in total. The molecule has 1 heterocycles. The molecule has 0 aliphatic carbocycles. The Bertz CT molecular complexity index is 343. The Balaban J connectivity index is 2.24. The fraction of sp³-hybridized carbons (Fsp3) is 0.364. The Morgan fingerprint density at radius 3 is 2.57 bits per heavy atom. The van der Waals surface area contributed by atoms with E-state index in [-0.39, 0.29) is 0 Å². The summed E-state index contributed by atoms with van der Waals surface area (Å²) in [6.07, 6.45) is 0. The predicted octanol–water partition coefficient (Wildman–Crippen LogP) is 1.43. The highest BCUT2D eigenvalue weighted by atomic mass is 16.5. The van der Waals surface area contributed by atoms with E-state index in [1.807, 2.05) is 24.3 Å². The van der Waals surface area contributed by atoms with Crippen LogP contribution in [-0.2, 0) is 0 Å². The molecule has 0 aromatic heterocycles. The molecule has 1 aromatic rings. The summed E-state index contributed by atoms with van der Waals surface area (Å²) in [4.78, 5) is 4.41. The Morgan fingerprint density at radius 2 is 2.07 bits per heavy atom. The van der Waals surface area contributed by atoms with E-state index in [4.69, 9.17) is 4.74 Å². The lowest BCUT2D eigenvalue weighted by Crippen LogP contribution is -2.26. The molecule has 0 saturated heterocycles. The maximum Gasteiger partial charge on any atom is 0.118 e. The largest absolute Gasteiger partial charge is 0.497 e. The molecule has 3 heteroatoms. The average Bonchev–Trinajstić information content (AvgIpc) is 2.65. The number of ether oxygens (including phenoxy) is 1. The zero-order chi connectivity index (χ0) is 9.97. The van der Waals surface area contributed by atoms with Crippen LogP contribution >= 0.6 is 0 Å². The topological polar surface area (TPSA) is 33.6 Å². The van der Waals surface area contributed by atoms with Crippen LogP contribution in [-0.4, -0.2) is 25.5 Å². The first-order chi connectivity index (χ1) is 6.81. The minimum atomic E-state index is 0.350. The third-order valence-electron chi connectivity index (χ3n) is 2.44. The van der Waals surface area contributed by atoms with Gasteiger partial charge in [-0.15, -0.1) is 0 Å². The van der Waals surface area contributed by atoms with E-state index in [9.17, 15) is 0 Å². The third-order valence-corrected chi connectivity index (χ3v) is 2.44. The molecule has 1 aliphatic rings. The van der Waals surface area contributed by atoms with Crippen molar-refractivity contribution in [2.24, 2.45) is 4.99 Å². The average molecular weight is 190 g/mol. The van der Waals surface area contributed by atoms with Gasteiger partial charge in [-0.2, -0.15) is 0 Å². The molecule has 1 aromatic carbocycles. The summed E-state index contributed by atoms with van der Waals surface area (Å²) in [5, 5.41) is 3.26. The molecule has 1 unspecified atom stereocenters. The molecule has 74 valence electrons. The van der Waals surface area contributed by atoms with Crippen molar-refractivity contribution in [1.82, 2.24) is 5.32 Å². The summed E-state index contributed by atoms with van der Waals surface area (Å²) in [5.74, 6) is 0.882. The van der Waals surface area contributed by atoms with Crippen LogP contribution in [0, 0.1) is 0 Å². The van der Waals surface area contributed by atoms with Gasteiger partial charge in [-0.3, -0.25) is 10.3 Å². The molecule has 0 saturated carbocycles. The number of methoxy groups -OCH3 is 1. The molecule has 0 radical (unpaired) electrons. The van der Waals surface area contributed by atoms with Crippen LogP contribution in [0.5, 0.6) is 5.75 Å². The van der Waals surface area contributed by atoms with Crippen molar-refractivity contribution in [3.63, 3.8) is 0 Å². The van der Waals surface area contributed by atoms with Crippen LogP contribution in [0.1, 0.15) is 12.5 Å². The number of hydrogen-bond acceptors (Lipinski definition) is 3. The molecule has 1 N–H and O–H groups in total. The molecule has 0 bridgehead atoms. The number of rotatable bonds is 2. The number of hydrogen-bond donors (Lipinski definition) is 1. The van der Waals surface area contributed by atoms with Crippen molar-refractivity contribution < 1.29 is 4.74 Å². The zero-order valence-corrected chi connectivity index (χ0v) is 8.45. The van der Waals surface area contributed by atoms with E-state index < -0.39 is 0 Å². The molecule has 1 atom stereocenters. The fourth-order valence-electron chi connectivity index (χ4n) is 1.60. The predicted molar refractivity (Wildman–Crippen MR) is 57.0 cm³/mol. The van der Waals surface area contributed by atoms with Crippen LogP contribution in [0.4, 0.5) is 0 Å². The zero-order valence-electron chi connectivity index (χ0n) is 8.45. The quantitative estimate of drug-likeness (QED) is 0.765. The Labute approximate surface area is 83.8 Å². The summed E-state index contributed by atoms with van der Waals surface area (Å²) in [6.45, 7) is 2.85. The van der Waals surface area contributed by atoms with E-state index in [1.54, 1.807) is 7.11 Å². The lowest BCUT2D eigenvalue weighted by atomic mass is 10.1. The van der Waals surface area contributed by atoms with Gasteiger partial charge in [0.1, 0.15) is 5.75 Å². The van der Waals surface area contributed by atoms with Crippen LogP contribution in [0.3, 0.4) is 0 Å². The second kappa shape index (κ2) is 3.80. The van der Waals surface area contributed by atoms with Crippen molar-refractivity contribution in [2.45, 2.75) is 13.0 Å². The first-order valence-corrected chi connectivity index (χ1v) is 4.73. The molecular weight excluding hydrogens is 176 g/mol. The molecule has 0 amide bonds. The van der Waals surface area contributed by atoms with Gasteiger partial charge in [0.2, 0.25) is 0 Å². The van der Waals surface area contributed by atoms with E-state index in [0.29, 0.717) is 6.04 Å². The summed E-state index contributed by atoms with van der Waals surface area (Å²) in [7, 11) is 1.67. The summed E-state index contributed by atoms with van der Waals surface area (Å²) >= 11 is 0. The molecule has 14 heavy (non-hydrogen) atoms. The van der Waals surface area contributed by atoms with Gasteiger partial charge in [0.05, 0.1) is 19.5 Å². The number of nitrogens with one attached hydrogen (secondary N) is 1. The SMILES string of the molecule is COc1ccc(C2=NCNC2C)cc1. The standard InChI is InChI=1S/C11H14N2O/c1-8-11(13-7-12-8)9-3-5-10(14-2)6-4-9/h3-6,8,12H,7H2,1-2H3. The third kappa shape index (κ3) is 1.63. The van der Waals surface area contributed by atoms with Gasteiger partial charge in [-0.1, -0.05) is 0 Å². The molecule has 0 fully saturated rings. The maximum absolute atomic E-state index is 5.10. The second-order valence-corrected chi connectivity index (χ2v) is 3.36. The van der Waals surface area contributed by atoms with Crippen molar-refractivity contribution in [3.8, 4) is 5.75 Å². The van der Waals surface area contributed by atoms with Gasteiger partial charge in [0, 0.05) is 6.04 Å². The minimum absolute atomic E-state index is 0.350. The highest BCUT2D eigenvalue weighted by Gasteiger charge is 2.16. The smallest absolute Gasteiger partial charge is 0.118 e. The lowest BCUT2D eigenvalue weighted by molar-refractivity contribution is 0.415. The van der Waals surface area contributed by atoms with Gasteiger partial charge >= 0.3 is 0 Å². The van der Waals surface area contributed by atoms with Gasteiger partial charge in [0.15, 0.2) is 0 Å². The van der Waals surface area contributed by atoms with Gasteiger partial charge in [-0.25, -0.2) is 0 Å². The highest BCUT2D eigenvalue weighted by Crippen LogP contribution is 2.14. The second-order valence-electron chi connectivity index (χ2n) is 3.36. The summed E-state index contributed by atoms with van der Waals surface area (Å²) < 4.78 is 5.10. The molecular formula is C11H14N2O. The maximum atomic E-state index is 5.10. The highest BCUT2D eigenvalue weighted by molar-refractivity contribution is 6.05. The van der Waals surface area contributed by atoms with Gasteiger partial charge < -0.3 is 4.74 Å². The van der Waals surface area contributed by atoms with Crippen LogP contribution < -0.4 is 10.1 Å². The van der Waals surface area contributed by atoms with Crippen LogP contribution in [0.25, 0.3) is 0 Å². The lowest BCUT2D eigenvalue weighted by Gasteiger charge is -2.07. The monoisotopic (exact) mass is 190 g/mol. The normalized spacial score (nSPS) is 20.7. The van der Waals surface area contributed by atoms with Gasteiger partial charge in [0.25, 0.3) is 0 Å². The van der Waals surface area contributed by atoms with Crippen molar-refractivity contribution in [3.05, 3.63) is 29.8 Å². The minimum Gasteiger partial charge on any atom is -0.497 e. The Hall–Kier alpha value is -1.35. The van der Waals surface area contributed by atoms with E-state index in [1.165, 1.54) is 5.56 Å². The summed E-state index contributed by atoms with van der Waals surface area (Å²) in [6, 6.07) is 8.36. The first kappa shape index (κ1) is 9.21. The fourth-order valence-corrected chi connectivity index (χ4v) is 1.60. The van der Waals surface area contributed by atoms with Crippen molar-refractivity contribution in [1.29, 1.82) is 0 Å². The van der Waals surface area contributed by atoms with E-state index >= 15 is 0 Å². The molecule has 0 spiro atoms. The number of aliphatic imine (C=N–C) groups is 1. The van der Waals surface area contributed by atoms with Crippen molar-refractivity contribution >= 4 is 5.71 Å².